The molecule has 3 heteroatoms. The van der Waals surface area contributed by atoms with Crippen molar-refractivity contribution in [3.63, 3.8) is 0 Å². The van der Waals surface area contributed by atoms with Crippen LogP contribution in [0.4, 0.5) is 0 Å². The fraction of sp³-hybridized carbons (Fsp3) is 0.417. The van der Waals surface area contributed by atoms with Crippen molar-refractivity contribution in [1.29, 1.82) is 0 Å². The van der Waals surface area contributed by atoms with Crippen LogP contribution in [-0.2, 0) is 4.79 Å². The second-order valence-corrected chi connectivity index (χ2v) is 4.93. The number of amides is 1. The van der Waals surface area contributed by atoms with Gasteiger partial charge >= 0.3 is 0 Å². The molecule has 0 aromatic heterocycles. The van der Waals surface area contributed by atoms with Crippen LogP contribution in [0.5, 0.6) is 0 Å². The monoisotopic (exact) mass is 223 g/mol. The smallest absolute Gasteiger partial charge is 0.230 e. The number of nitrogens with two attached hydrogens (primary N) is 1. The first-order valence-electron chi connectivity index (χ1n) is 5.07. The van der Waals surface area contributed by atoms with Gasteiger partial charge in [-0.1, -0.05) is 24.6 Å². The summed E-state index contributed by atoms with van der Waals surface area (Å²) < 4.78 is 0. The molecule has 1 atom stereocenters. The maximum atomic E-state index is 11.1. The summed E-state index contributed by atoms with van der Waals surface area (Å²) in [5.41, 5.74) is 7.76. The van der Waals surface area contributed by atoms with E-state index < -0.39 is 0 Å². The minimum Gasteiger partial charge on any atom is -0.369 e. The number of thioether (sulfide) groups is 1. The molecule has 0 aliphatic carbocycles. The van der Waals surface area contributed by atoms with Crippen LogP contribution in [0.3, 0.4) is 0 Å². The van der Waals surface area contributed by atoms with Gasteiger partial charge < -0.3 is 5.73 Å². The molecule has 15 heavy (non-hydrogen) atoms. The molecule has 0 saturated heterocycles. The summed E-state index contributed by atoms with van der Waals surface area (Å²) in [6.07, 6.45) is 0.771. The Hall–Kier alpha value is -0.960. The average molecular weight is 223 g/mol. The van der Waals surface area contributed by atoms with Crippen molar-refractivity contribution in [2.24, 2.45) is 5.73 Å². The van der Waals surface area contributed by atoms with E-state index in [-0.39, 0.29) is 11.2 Å². The number of hydrogen-bond acceptors (Lipinski definition) is 2. The Morgan fingerprint density at radius 3 is 2.60 bits per heavy atom. The fourth-order valence-corrected chi connectivity index (χ4v) is 2.41. The number of aryl methyl sites for hydroxylation is 2. The van der Waals surface area contributed by atoms with Crippen molar-refractivity contribution < 1.29 is 4.79 Å². The van der Waals surface area contributed by atoms with Gasteiger partial charge in [0.2, 0.25) is 5.91 Å². The molecule has 0 heterocycles. The van der Waals surface area contributed by atoms with Gasteiger partial charge in [-0.05, 0) is 31.9 Å². The first-order valence-corrected chi connectivity index (χ1v) is 5.95. The largest absolute Gasteiger partial charge is 0.369 e. The Kier molecular flexibility index (Phi) is 4.21. The summed E-state index contributed by atoms with van der Waals surface area (Å²) in [5, 5.41) is -0.119. The van der Waals surface area contributed by atoms with Crippen molar-refractivity contribution in [3.05, 3.63) is 29.3 Å². The van der Waals surface area contributed by atoms with E-state index in [9.17, 15) is 4.79 Å². The molecule has 2 nitrogen and oxygen atoms in total. The van der Waals surface area contributed by atoms with Crippen molar-refractivity contribution in [1.82, 2.24) is 0 Å². The lowest BCUT2D eigenvalue weighted by atomic mass is 10.2. The number of primary amides is 1. The van der Waals surface area contributed by atoms with Crippen LogP contribution in [-0.4, -0.2) is 11.2 Å². The lowest BCUT2D eigenvalue weighted by molar-refractivity contribution is -0.117. The van der Waals surface area contributed by atoms with Gasteiger partial charge in [0.1, 0.15) is 0 Å². The van der Waals surface area contributed by atoms with Crippen LogP contribution in [0.2, 0.25) is 0 Å². The maximum Gasteiger partial charge on any atom is 0.230 e. The van der Waals surface area contributed by atoms with E-state index in [2.05, 4.69) is 32.0 Å². The molecule has 0 bridgehead atoms. The molecule has 1 amide bonds. The maximum absolute atomic E-state index is 11.1. The van der Waals surface area contributed by atoms with E-state index in [1.54, 1.807) is 11.8 Å². The number of carbonyl (C=O) groups excluding carboxylic acids is 1. The van der Waals surface area contributed by atoms with Gasteiger partial charge in [-0.15, -0.1) is 11.8 Å². The van der Waals surface area contributed by atoms with Crippen LogP contribution >= 0.6 is 11.8 Å². The topological polar surface area (TPSA) is 43.1 Å². The van der Waals surface area contributed by atoms with Crippen LogP contribution in [0, 0.1) is 13.8 Å². The predicted octanol–water partition coefficient (Wildman–Crippen LogP) is 2.66. The highest BCUT2D eigenvalue weighted by Gasteiger charge is 2.15. The van der Waals surface area contributed by atoms with E-state index in [1.807, 2.05) is 6.92 Å². The highest BCUT2D eigenvalue weighted by atomic mass is 32.2. The Balaban J connectivity index is 2.84. The molecule has 0 fully saturated rings. The van der Waals surface area contributed by atoms with Crippen molar-refractivity contribution in [2.75, 3.05) is 0 Å². The summed E-state index contributed by atoms with van der Waals surface area (Å²) in [4.78, 5) is 12.3. The van der Waals surface area contributed by atoms with Crippen molar-refractivity contribution in [3.8, 4) is 0 Å². The van der Waals surface area contributed by atoms with Gasteiger partial charge in [0.15, 0.2) is 0 Å². The van der Waals surface area contributed by atoms with E-state index in [0.717, 1.165) is 11.3 Å². The van der Waals surface area contributed by atoms with Gasteiger partial charge in [0.25, 0.3) is 0 Å². The third-order valence-electron chi connectivity index (χ3n) is 2.29. The van der Waals surface area contributed by atoms with Crippen LogP contribution in [0.25, 0.3) is 0 Å². The third-order valence-corrected chi connectivity index (χ3v) is 3.85. The predicted molar refractivity (Wildman–Crippen MR) is 65.0 cm³/mol. The van der Waals surface area contributed by atoms with Crippen LogP contribution in [0.15, 0.2) is 23.1 Å². The molecule has 82 valence electrons. The molecule has 1 aromatic rings. The van der Waals surface area contributed by atoms with Gasteiger partial charge in [0, 0.05) is 4.90 Å². The molecule has 1 unspecified atom stereocenters. The second-order valence-electron chi connectivity index (χ2n) is 3.69. The third kappa shape index (κ3) is 3.27. The molecular weight excluding hydrogens is 206 g/mol. The zero-order valence-electron chi connectivity index (χ0n) is 9.41. The lowest BCUT2D eigenvalue weighted by Gasteiger charge is -2.12. The SMILES string of the molecule is CCC(Sc1ccc(C)cc1C)C(N)=O. The van der Waals surface area contributed by atoms with E-state index in [4.69, 9.17) is 5.73 Å². The summed E-state index contributed by atoms with van der Waals surface area (Å²) in [6.45, 7) is 6.10. The second kappa shape index (κ2) is 5.21. The first kappa shape index (κ1) is 12.1. The molecule has 0 aliphatic rings. The Labute approximate surface area is 95.2 Å². The molecule has 2 N–H and O–H groups in total. The van der Waals surface area contributed by atoms with Crippen molar-refractivity contribution in [2.45, 2.75) is 37.3 Å². The van der Waals surface area contributed by atoms with Crippen LogP contribution < -0.4 is 5.73 Å². The Bertz CT molecular complexity index is 363. The number of benzene rings is 1. The van der Waals surface area contributed by atoms with Gasteiger partial charge in [0.05, 0.1) is 5.25 Å². The van der Waals surface area contributed by atoms with E-state index in [0.29, 0.717) is 0 Å². The Morgan fingerprint density at radius 1 is 1.47 bits per heavy atom. The summed E-state index contributed by atoms with van der Waals surface area (Å²) in [6, 6.07) is 6.24. The molecule has 1 aromatic carbocycles. The summed E-state index contributed by atoms with van der Waals surface area (Å²) >= 11 is 1.56. The molecule has 1 rings (SSSR count). The minimum atomic E-state index is -0.234. The van der Waals surface area contributed by atoms with Gasteiger partial charge in [-0.2, -0.15) is 0 Å². The molecule has 0 radical (unpaired) electrons. The number of rotatable bonds is 4. The van der Waals surface area contributed by atoms with E-state index >= 15 is 0 Å². The lowest BCUT2D eigenvalue weighted by Crippen LogP contribution is -2.24. The summed E-state index contributed by atoms with van der Waals surface area (Å²) in [5.74, 6) is -0.234. The molecule has 0 saturated carbocycles. The minimum absolute atomic E-state index is 0.119. The summed E-state index contributed by atoms with van der Waals surface area (Å²) in [7, 11) is 0. The standard InChI is InChI=1S/C12H17NOS/c1-4-10(12(13)14)15-11-6-5-8(2)7-9(11)3/h5-7,10H,4H2,1-3H3,(H2,13,14). The number of carbonyl (C=O) groups is 1. The molecular formula is C12H17NOS. The normalized spacial score (nSPS) is 12.5. The fourth-order valence-electron chi connectivity index (χ4n) is 1.43. The number of hydrogen-bond donors (Lipinski definition) is 1. The zero-order chi connectivity index (χ0) is 11.4. The molecule has 0 spiro atoms. The zero-order valence-corrected chi connectivity index (χ0v) is 10.2. The molecule has 0 aliphatic heterocycles. The highest BCUT2D eigenvalue weighted by molar-refractivity contribution is 8.00. The average Bonchev–Trinajstić information content (AvgIpc) is 2.16. The van der Waals surface area contributed by atoms with Crippen molar-refractivity contribution >= 4 is 17.7 Å². The highest BCUT2D eigenvalue weighted by Crippen LogP contribution is 2.28. The van der Waals surface area contributed by atoms with Gasteiger partial charge in [-0.3, -0.25) is 4.79 Å². The van der Waals surface area contributed by atoms with Crippen LogP contribution in [0.1, 0.15) is 24.5 Å². The van der Waals surface area contributed by atoms with E-state index in [1.165, 1.54) is 11.1 Å². The first-order chi connectivity index (χ1) is 7.04. The quantitative estimate of drug-likeness (QED) is 0.797. The van der Waals surface area contributed by atoms with Gasteiger partial charge in [-0.25, -0.2) is 0 Å². The Morgan fingerprint density at radius 2 is 2.13 bits per heavy atom.